The maximum absolute atomic E-state index is 12.2. The molecule has 1 heterocycles. The largest absolute Gasteiger partial charge is 0.326 e. The van der Waals surface area contributed by atoms with E-state index in [-0.39, 0.29) is 11.3 Å². The number of anilines is 1. The molecule has 1 aliphatic rings. The van der Waals surface area contributed by atoms with E-state index in [0.717, 1.165) is 18.5 Å². The fraction of sp³-hybridized carbons (Fsp3) is 0.538. The summed E-state index contributed by atoms with van der Waals surface area (Å²) in [4.78, 5) is 16.1. The topological polar surface area (TPSA) is 42.0 Å². The molecule has 0 atom stereocenters. The van der Waals surface area contributed by atoms with Crippen LogP contribution in [0.2, 0.25) is 0 Å². The van der Waals surface area contributed by atoms with Crippen LogP contribution in [0.4, 0.5) is 5.69 Å². The Balaban J connectivity index is 2.02. The molecule has 0 aliphatic heterocycles. The number of hydrogen-bond donors (Lipinski definition) is 1. The van der Waals surface area contributed by atoms with E-state index in [1.54, 1.807) is 12.4 Å². The van der Waals surface area contributed by atoms with Crippen LogP contribution in [0.25, 0.3) is 0 Å². The maximum Gasteiger partial charge on any atom is 0.230 e. The molecule has 3 heteroatoms. The first-order chi connectivity index (χ1) is 7.71. The van der Waals surface area contributed by atoms with Gasteiger partial charge in [-0.05, 0) is 25.0 Å². The summed E-state index contributed by atoms with van der Waals surface area (Å²) in [7, 11) is 0. The zero-order valence-electron chi connectivity index (χ0n) is 9.70. The van der Waals surface area contributed by atoms with Crippen molar-refractivity contribution in [3.8, 4) is 0 Å². The van der Waals surface area contributed by atoms with Crippen molar-refractivity contribution < 1.29 is 4.79 Å². The molecule has 0 saturated heterocycles. The molecule has 1 N–H and O–H groups in total. The minimum atomic E-state index is -0.179. The van der Waals surface area contributed by atoms with Gasteiger partial charge in [0.05, 0.1) is 0 Å². The van der Waals surface area contributed by atoms with E-state index in [1.165, 1.54) is 19.3 Å². The highest BCUT2D eigenvalue weighted by atomic mass is 16.2. The lowest BCUT2D eigenvalue weighted by Gasteiger charge is -2.31. The van der Waals surface area contributed by atoms with Gasteiger partial charge in [-0.25, -0.2) is 0 Å². The Morgan fingerprint density at radius 2 is 1.88 bits per heavy atom. The first kappa shape index (κ1) is 11.1. The van der Waals surface area contributed by atoms with Crippen LogP contribution in [0.15, 0.2) is 24.5 Å². The van der Waals surface area contributed by atoms with E-state index in [1.807, 2.05) is 12.1 Å². The molecule has 0 bridgehead atoms. The maximum atomic E-state index is 12.2. The van der Waals surface area contributed by atoms with Gasteiger partial charge in [0, 0.05) is 23.5 Å². The number of hydrogen-bond acceptors (Lipinski definition) is 2. The van der Waals surface area contributed by atoms with Crippen LogP contribution in [0.1, 0.15) is 39.0 Å². The van der Waals surface area contributed by atoms with Crippen LogP contribution < -0.4 is 5.32 Å². The van der Waals surface area contributed by atoms with Crippen molar-refractivity contribution in [1.82, 2.24) is 4.98 Å². The molecular formula is C13H18N2O. The summed E-state index contributed by atoms with van der Waals surface area (Å²) in [6.07, 6.45) is 8.99. The van der Waals surface area contributed by atoms with Gasteiger partial charge in [-0.3, -0.25) is 9.78 Å². The van der Waals surface area contributed by atoms with Crippen molar-refractivity contribution in [3.63, 3.8) is 0 Å². The lowest BCUT2D eigenvalue weighted by atomic mass is 9.75. The van der Waals surface area contributed by atoms with Gasteiger partial charge < -0.3 is 5.32 Å². The molecule has 1 amide bonds. The summed E-state index contributed by atoms with van der Waals surface area (Å²) in [6, 6.07) is 3.65. The van der Waals surface area contributed by atoms with Gasteiger partial charge in [-0.15, -0.1) is 0 Å². The van der Waals surface area contributed by atoms with E-state index in [4.69, 9.17) is 0 Å². The Morgan fingerprint density at radius 1 is 1.25 bits per heavy atom. The van der Waals surface area contributed by atoms with Crippen molar-refractivity contribution in [2.45, 2.75) is 39.0 Å². The van der Waals surface area contributed by atoms with Crippen molar-refractivity contribution in [2.24, 2.45) is 5.41 Å². The fourth-order valence-corrected chi connectivity index (χ4v) is 2.28. The zero-order chi connectivity index (χ0) is 11.4. The molecule has 0 spiro atoms. The van der Waals surface area contributed by atoms with Crippen LogP contribution in [0.5, 0.6) is 0 Å². The highest BCUT2D eigenvalue weighted by Crippen LogP contribution is 2.36. The third kappa shape index (κ3) is 2.40. The molecular weight excluding hydrogens is 200 g/mol. The van der Waals surface area contributed by atoms with E-state index < -0.39 is 0 Å². The van der Waals surface area contributed by atoms with Crippen LogP contribution in [-0.2, 0) is 4.79 Å². The van der Waals surface area contributed by atoms with Crippen molar-refractivity contribution in [2.75, 3.05) is 5.32 Å². The van der Waals surface area contributed by atoms with Gasteiger partial charge in [0.25, 0.3) is 0 Å². The quantitative estimate of drug-likeness (QED) is 0.829. The summed E-state index contributed by atoms with van der Waals surface area (Å²) in [5.74, 6) is 0.151. The fourth-order valence-electron chi connectivity index (χ4n) is 2.28. The van der Waals surface area contributed by atoms with Gasteiger partial charge >= 0.3 is 0 Å². The Morgan fingerprint density at radius 3 is 2.50 bits per heavy atom. The van der Waals surface area contributed by atoms with Crippen molar-refractivity contribution in [3.05, 3.63) is 24.5 Å². The van der Waals surface area contributed by atoms with Crippen LogP contribution in [-0.4, -0.2) is 10.9 Å². The molecule has 0 unspecified atom stereocenters. The highest BCUT2D eigenvalue weighted by molar-refractivity contribution is 5.95. The van der Waals surface area contributed by atoms with Gasteiger partial charge in [0.1, 0.15) is 0 Å². The Labute approximate surface area is 96.3 Å². The molecule has 0 radical (unpaired) electrons. The molecule has 16 heavy (non-hydrogen) atoms. The second-order valence-corrected chi connectivity index (χ2v) is 4.81. The number of carbonyl (C=O) groups is 1. The van der Waals surface area contributed by atoms with Gasteiger partial charge in [-0.2, -0.15) is 0 Å². The molecule has 1 fully saturated rings. The van der Waals surface area contributed by atoms with Crippen LogP contribution >= 0.6 is 0 Å². The van der Waals surface area contributed by atoms with Gasteiger partial charge in [0.15, 0.2) is 0 Å². The van der Waals surface area contributed by atoms with Crippen LogP contribution in [0.3, 0.4) is 0 Å². The predicted molar refractivity (Wildman–Crippen MR) is 64.1 cm³/mol. The average molecular weight is 218 g/mol. The summed E-state index contributed by atoms with van der Waals surface area (Å²) < 4.78 is 0. The number of carbonyl (C=O) groups excluding carboxylic acids is 1. The minimum Gasteiger partial charge on any atom is -0.326 e. The molecule has 1 aromatic heterocycles. The number of nitrogens with zero attached hydrogens (tertiary/aromatic N) is 1. The summed E-state index contributed by atoms with van der Waals surface area (Å²) >= 11 is 0. The molecule has 3 nitrogen and oxygen atoms in total. The SMILES string of the molecule is CC1(C(=O)Nc2ccncc2)CCCCC1. The third-order valence-corrected chi connectivity index (χ3v) is 3.44. The Bertz CT molecular complexity index is 355. The molecule has 1 aliphatic carbocycles. The highest BCUT2D eigenvalue weighted by Gasteiger charge is 2.34. The molecule has 1 aromatic rings. The van der Waals surface area contributed by atoms with E-state index in [0.29, 0.717) is 0 Å². The van der Waals surface area contributed by atoms with Gasteiger partial charge in [0.2, 0.25) is 5.91 Å². The second-order valence-electron chi connectivity index (χ2n) is 4.81. The Kier molecular flexibility index (Phi) is 3.22. The van der Waals surface area contributed by atoms with E-state index in [2.05, 4.69) is 17.2 Å². The van der Waals surface area contributed by atoms with Gasteiger partial charge in [-0.1, -0.05) is 26.2 Å². The lowest BCUT2D eigenvalue weighted by molar-refractivity contribution is -0.126. The predicted octanol–water partition coefficient (Wildman–Crippen LogP) is 2.99. The number of amides is 1. The minimum absolute atomic E-state index is 0.151. The summed E-state index contributed by atoms with van der Waals surface area (Å²) in [6.45, 7) is 2.07. The Hall–Kier alpha value is -1.38. The lowest BCUT2D eigenvalue weighted by Crippen LogP contribution is -2.35. The number of rotatable bonds is 2. The van der Waals surface area contributed by atoms with Crippen molar-refractivity contribution >= 4 is 11.6 Å². The van der Waals surface area contributed by atoms with E-state index in [9.17, 15) is 4.79 Å². The van der Waals surface area contributed by atoms with Crippen LogP contribution in [0, 0.1) is 5.41 Å². The number of nitrogens with one attached hydrogen (secondary N) is 1. The summed E-state index contributed by atoms with van der Waals surface area (Å²) in [5.41, 5.74) is 0.661. The molecule has 2 rings (SSSR count). The van der Waals surface area contributed by atoms with Crippen molar-refractivity contribution in [1.29, 1.82) is 0 Å². The average Bonchev–Trinajstić information content (AvgIpc) is 2.31. The smallest absolute Gasteiger partial charge is 0.230 e. The summed E-state index contributed by atoms with van der Waals surface area (Å²) in [5, 5.41) is 2.97. The molecule has 1 saturated carbocycles. The number of pyridine rings is 1. The standard InChI is InChI=1S/C13H18N2O/c1-13(7-3-2-4-8-13)12(16)15-11-5-9-14-10-6-11/h5-6,9-10H,2-4,7-8H2,1H3,(H,14,15,16). The number of aromatic nitrogens is 1. The molecule has 0 aromatic carbocycles. The molecule has 86 valence electrons. The second kappa shape index (κ2) is 4.64. The van der Waals surface area contributed by atoms with E-state index >= 15 is 0 Å². The normalized spacial score (nSPS) is 19.1. The first-order valence-corrected chi connectivity index (χ1v) is 5.92. The first-order valence-electron chi connectivity index (χ1n) is 5.92. The zero-order valence-corrected chi connectivity index (χ0v) is 9.70. The monoisotopic (exact) mass is 218 g/mol. The third-order valence-electron chi connectivity index (χ3n) is 3.44.